The molecule has 1 heterocycles. The number of hydrogen-bond acceptors (Lipinski definition) is 3. The number of nitrogens with one attached hydrogen (secondary N) is 1. The molecule has 4 rings (SSSR count). The second kappa shape index (κ2) is 7.43. The second-order valence-corrected chi connectivity index (χ2v) is 7.42. The summed E-state index contributed by atoms with van der Waals surface area (Å²) < 4.78 is 2.19. The van der Waals surface area contributed by atoms with Crippen LogP contribution in [0.4, 0.5) is 5.69 Å². The molecular formula is C22H25N3O2. The van der Waals surface area contributed by atoms with Crippen molar-refractivity contribution in [3.8, 4) is 0 Å². The van der Waals surface area contributed by atoms with E-state index in [1.807, 2.05) is 24.3 Å². The number of fused-ring (bicyclic) bond motifs is 1. The summed E-state index contributed by atoms with van der Waals surface area (Å²) in [5.74, 6) is 0.666. The molecule has 1 atom stereocenters. The van der Waals surface area contributed by atoms with Crippen LogP contribution in [0.1, 0.15) is 54.3 Å². The standard InChI is InChI=1S/C22H25N3O2/c1-25-19-10-6-5-9-18(19)24-21(25)20(15-7-3-2-4-8-15)23-17-13-11-16(12-14-17)22(26)27/h5-6,9-15,20,23H,2-4,7-8H2,1H3,(H,26,27). The first-order valence-electron chi connectivity index (χ1n) is 9.65. The molecule has 3 aromatic rings. The number of imidazole rings is 1. The summed E-state index contributed by atoms with van der Waals surface area (Å²) in [4.78, 5) is 16.0. The Bertz CT molecular complexity index is 940. The zero-order chi connectivity index (χ0) is 18.8. The molecule has 0 radical (unpaired) electrons. The van der Waals surface area contributed by atoms with Gasteiger partial charge in [-0.2, -0.15) is 0 Å². The van der Waals surface area contributed by atoms with Crippen LogP contribution >= 0.6 is 0 Å². The van der Waals surface area contributed by atoms with E-state index in [2.05, 4.69) is 29.1 Å². The van der Waals surface area contributed by atoms with Crippen molar-refractivity contribution in [3.05, 3.63) is 59.9 Å². The van der Waals surface area contributed by atoms with E-state index in [-0.39, 0.29) is 6.04 Å². The summed E-state index contributed by atoms with van der Waals surface area (Å²) >= 11 is 0. The van der Waals surface area contributed by atoms with E-state index in [0.29, 0.717) is 11.5 Å². The maximum Gasteiger partial charge on any atom is 0.335 e. The maximum atomic E-state index is 11.1. The number of hydrogen-bond donors (Lipinski definition) is 2. The van der Waals surface area contributed by atoms with Gasteiger partial charge in [0.15, 0.2) is 0 Å². The lowest BCUT2D eigenvalue weighted by molar-refractivity contribution is 0.0697. The fourth-order valence-electron chi connectivity index (χ4n) is 4.19. The zero-order valence-corrected chi connectivity index (χ0v) is 15.6. The highest BCUT2D eigenvalue weighted by molar-refractivity contribution is 5.88. The summed E-state index contributed by atoms with van der Waals surface area (Å²) in [6, 6.07) is 15.3. The van der Waals surface area contributed by atoms with Crippen molar-refractivity contribution in [3.63, 3.8) is 0 Å². The van der Waals surface area contributed by atoms with Crippen molar-refractivity contribution in [2.45, 2.75) is 38.1 Å². The van der Waals surface area contributed by atoms with Crippen LogP contribution in [-0.2, 0) is 7.05 Å². The summed E-state index contributed by atoms with van der Waals surface area (Å²) in [6.45, 7) is 0. The highest BCUT2D eigenvalue weighted by atomic mass is 16.4. The van der Waals surface area contributed by atoms with Crippen molar-refractivity contribution in [1.82, 2.24) is 9.55 Å². The monoisotopic (exact) mass is 363 g/mol. The Labute approximate surface area is 159 Å². The van der Waals surface area contributed by atoms with E-state index in [4.69, 9.17) is 10.1 Å². The molecule has 1 aliphatic carbocycles. The third-order valence-corrected chi connectivity index (χ3v) is 5.68. The van der Waals surface area contributed by atoms with E-state index < -0.39 is 5.97 Å². The molecule has 140 valence electrons. The van der Waals surface area contributed by atoms with Gasteiger partial charge in [0, 0.05) is 12.7 Å². The molecule has 1 saturated carbocycles. The van der Waals surface area contributed by atoms with E-state index in [1.54, 1.807) is 12.1 Å². The molecule has 5 heteroatoms. The number of benzene rings is 2. The summed E-state index contributed by atoms with van der Waals surface area (Å²) in [5, 5.41) is 12.8. The molecule has 1 unspecified atom stereocenters. The van der Waals surface area contributed by atoms with E-state index in [1.165, 1.54) is 32.1 Å². The Balaban J connectivity index is 1.69. The van der Waals surface area contributed by atoms with Gasteiger partial charge >= 0.3 is 5.97 Å². The number of para-hydroxylation sites is 2. The Morgan fingerprint density at radius 1 is 1.11 bits per heavy atom. The quantitative estimate of drug-likeness (QED) is 0.669. The number of nitrogens with zero attached hydrogens (tertiary/aromatic N) is 2. The predicted octanol–water partition coefficient (Wildman–Crippen LogP) is 5.01. The fraction of sp³-hybridized carbons (Fsp3) is 0.364. The Morgan fingerprint density at radius 2 is 1.81 bits per heavy atom. The van der Waals surface area contributed by atoms with Gasteiger partial charge in [0.1, 0.15) is 5.82 Å². The van der Waals surface area contributed by atoms with Crippen LogP contribution in [0.15, 0.2) is 48.5 Å². The van der Waals surface area contributed by atoms with Gasteiger partial charge in [-0.05, 0) is 55.2 Å². The molecule has 0 amide bonds. The molecule has 0 aliphatic heterocycles. The number of aryl methyl sites for hydroxylation is 1. The van der Waals surface area contributed by atoms with Crippen molar-refractivity contribution >= 4 is 22.7 Å². The first-order chi connectivity index (χ1) is 13.1. The summed E-state index contributed by atoms with van der Waals surface area (Å²) in [7, 11) is 2.08. The molecule has 0 bridgehead atoms. The highest BCUT2D eigenvalue weighted by Gasteiger charge is 2.29. The Kier molecular flexibility index (Phi) is 4.84. The smallest absolute Gasteiger partial charge is 0.335 e. The maximum absolute atomic E-state index is 11.1. The molecular weight excluding hydrogens is 338 g/mol. The van der Waals surface area contributed by atoms with Crippen LogP contribution < -0.4 is 5.32 Å². The second-order valence-electron chi connectivity index (χ2n) is 7.42. The number of anilines is 1. The largest absolute Gasteiger partial charge is 0.478 e. The van der Waals surface area contributed by atoms with E-state index >= 15 is 0 Å². The Hall–Kier alpha value is -2.82. The van der Waals surface area contributed by atoms with Crippen LogP contribution in [0.3, 0.4) is 0 Å². The molecule has 27 heavy (non-hydrogen) atoms. The van der Waals surface area contributed by atoms with Crippen LogP contribution in [0.2, 0.25) is 0 Å². The van der Waals surface area contributed by atoms with E-state index in [9.17, 15) is 4.79 Å². The highest BCUT2D eigenvalue weighted by Crippen LogP contribution is 2.37. The van der Waals surface area contributed by atoms with E-state index in [0.717, 1.165) is 22.5 Å². The van der Waals surface area contributed by atoms with Gasteiger partial charge in [0.05, 0.1) is 22.6 Å². The van der Waals surface area contributed by atoms with Gasteiger partial charge in [-0.3, -0.25) is 0 Å². The van der Waals surface area contributed by atoms with Crippen LogP contribution in [0.25, 0.3) is 11.0 Å². The lowest BCUT2D eigenvalue weighted by Crippen LogP contribution is -2.26. The molecule has 1 aromatic heterocycles. The zero-order valence-electron chi connectivity index (χ0n) is 15.6. The topological polar surface area (TPSA) is 67.2 Å². The molecule has 2 N–H and O–H groups in total. The third kappa shape index (κ3) is 3.54. The number of aromatic carboxylic acids is 1. The Morgan fingerprint density at radius 3 is 2.48 bits per heavy atom. The van der Waals surface area contributed by atoms with Gasteiger partial charge in [0.25, 0.3) is 0 Å². The SMILES string of the molecule is Cn1c(C(Nc2ccc(C(=O)O)cc2)C2CCCCC2)nc2ccccc21. The lowest BCUT2D eigenvalue weighted by atomic mass is 9.83. The lowest BCUT2D eigenvalue weighted by Gasteiger charge is -2.31. The van der Waals surface area contributed by atoms with Gasteiger partial charge in [0.2, 0.25) is 0 Å². The van der Waals surface area contributed by atoms with Gasteiger partial charge in [-0.15, -0.1) is 0 Å². The first kappa shape index (κ1) is 17.6. The average Bonchev–Trinajstić information content (AvgIpc) is 3.04. The van der Waals surface area contributed by atoms with Gasteiger partial charge in [-0.25, -0.2) is 9.78 Å². The third-order valence-electron chi connectivity index (χ3n) is 5.68. The fourth-order valence-corrected chi connectivity index (χ4v) is 4.19. The predicted molar refractivity (Wildman–Crippen MR) is 107 cm³/mol. The molecule has 2 aromatic carbocycles. The molecule has 5 nitrogen and oxygen atoms in total. The number of carbonyl (C=O) groups is 1. The minimum Gasteiger partial charge on any atom is -0.478 e. The molecule has 1 aliphatic rings. The summed E-state index contributed by atoms with van der Waals surface area (Å²) in [5.41, 5.74) is 3.38. The van der Waals surface area contributed by atoms with Gasteiger partial charge in [-0.1, -0.05) is 31.4 Å². The minimum absolute atomic E-state index is 0.110. The van der Waals surface area contributed by atoms with Gasteiger partial charge < -0.3 is 15.0 Å². The first-order valence-corrected chi connectivity index (χ1v) is 9.65. The molecule has 0 saturated heterocycles. The van der Waals surface area contributed by atoms with Crippen molar-refractivity contribution in [1.29, 1.82) is 0 Å². The molecule has 0 spiro atoms. The summed E-state index contributed by atoms with van der Waals surface area (Å²) in [6.07, 6.45) is 6.19. The number of aromatic nitrogens is 2. The minimum atomic E-state index is -0.902. The molecule has 1 fully saturated rings. The number of carboxylic acid groups (broad SMARTS) is 1. The normalized spacial score (nSPS) is 16.3. The van der Waals surface area contributed by atoms with Crippen LogP contribution in [0.5, 0.6) is 0 Å². The van der Waals surface area contributed by atoms with Crippen molar-refractivity contribution in [2.24, 2.45) is 13.0 Å². The number of carboxylic acids is 1. The van der Waals surface area contributed by atoms with Crippen molar-refractivity contribution in [2.75, 3.05) is 5.32 Å². The van der Waals surface area contributed by atoms with Crippen molar-refractivity contribution < 1.29 is 9.90 Å². The van der Waals surface area contributed by atoms with Crippen LogP contribution in [-0.4, -0.2) is 20.6 Å². The van der Waals surface area contributed by atoms with Crippen LogP contribution in [0, 0.1) is 5.92 Å². The number of rotatable bonds is 5. The average molecular weight is 363 g/mol.